The first-order valence-corrected chi connectivity index (χ1v) is 10.6. The maximum atomic E-state index is 12.4. The van der Waals surface area contributed by atoms with Crippen molar-refractivity contribution in [3.8, 4) is 17.1 Å². The fourth-order valence-electron chi connectivity index (χ4n) is 3.04. The highest BCUT2D eigenvalue weighted by atomic mass is 32.2. The fraction of sp³-hybridized carbons (Fsp3) is 0.318. The molecule has 1 amide bonds. The first-order valence-electron chi connectivity index (χ1n) is 9.57. The Bertz CT molecular complexity index is 969. The van der Waals surface area contributed by atoms with Crippen molar-refractivity contribution in [2.24, 2.45) is 7.05 Å². The molecule has 0 saturated heterocycles. The Morgan fingerprint density at radius 1 is 1.17 bits per heavy atom. The molecule has 0 fully saturated rings. The molecule has 2 aromatic carbocycles. The van der Waals surface area contributed by atoms with Crippen molar-refractivity contribution in [3.05, 3.63) is 59.7 Å². The second kappa shape index (κ2) is 9.60. The number of benzene rings is 2. The van der Waals surface area contributed by atoms with E-state index in [4.69, 9.17) is 4.74 Å². The number of ether oxygens (including phenoxy) is 1. The lowest BCUT2D eigenvalue weighted by molar-refractivity contribution is -0.119. The molecule has 0 unspecified atom stereocenters. The largest absolute Gasteiger partial charge is 0.496 e. The van der Waals surface area contributed by atoms with Gasteiger partial charge in [-0.2, -0.15) is 0 Å². The van der Waals surface area contributed by atoms with Crippen LogP contribution in [0.5, 0.6) is 5.75 Å². The Balaban J connectivity index is 1.61. The Hall–Kier alpha value is -2.80. The van der Waals surface area contributed by atoms with Gasteiger partial charge < -0.3 is 14.6 Å². The Labute approximate surface area is 175 Å². The smallest absolute Gasteiger partial charge is 0.230 e. The summed E-state index contributed by atoms with van der Waals surface area (Å²) < 4.78 is 7.29. The van der Waals surface area contributed by atoms with E-state index in [1.54, 1.807) is 7.11 Å². The number of nitrogens with one attached hydrogen (secondary N) is 1. The number of amides is 1. The van der Waals surface area contributed by atoms with Crippen LogP contribution in [0, 0.1) is 0 Å². The molecule has 0 aliphatic rings. The van der Waals surface area contributed by atoms with Gasteiger partial charge in [0, 0.05) is 7.05 Å². The van der Waals surface area contributed by atoms with Crippen LogP contribution < -0.4 is 10.1 Å². The molecule has 0 aliphatic carbocycles. The van der Waals surface area contributed by atoms with Crippen LogP contribution in [0.1, 0.15) is 31.0 Å². The van der Waals surface area contributed by atoms with E-state index in [2.05, 4.69) is 46.7 Å². The zero-order valence-electron chi connectivity index (χ0n) is 17.2. The highest BCUT2D eigenvalue weighted by Gasteiger charge is 2.16. The number of aryl methyl sites for hydroxylation is 1. The Morgan fingerprint density at radius 3 is 2.59 bits per heavy atom. The highest BCUT2D eigenvalue weighted by molar-refractivity contribution is 7.99. The van der Waals surface area contributed by atoms with Gasteiger partial charge in [0.1, 0.15) is 5.75 Å². The van der Waals surface area contributed by atoms with Crippen LogP contribution in [0.25, 0.3) is 11.4 Å². The number of hydrogen-bond acceptors (Lipinski definition) is 5. The summed E-state index contributed by atoms with van der Waals surface area (Å²) in [4.78, 5) is 12.4. The molecule has 3 rings (SSSR count). The van der Waals surface area contributed by atoms with Crippen molar-refractivity contribution in [2.75, 3.05) is 12.9 Å². The third-order valence-electron chi connectivity index (χ3n) is 4.78. The molecule has 29 heavy (non-hydrogen) atoms. The highest BCUT2D eigenvalue weighted by Crippen LogP contribution is 2.30. The van der Waals surface area contributed by atoms with E-state index in [0.717, 1.165) is 23.3 Å². The number of thioether (sulfide) groups is 1. The normalized spacial score (nSPS) is 11.9. The van der Waals surface area contributed by atoms with Gasteiger partial charge in [0.15, 0.2) is 11.0 Å². The second-order valence-electron chi connectivity index (χ2n) is 6.74. The van der Waals surface area contributed by atoms with Gasteiger partial charge in [-0.3, -0.25) is 4.79 Å². The molecule has 3 aromatic rings. The molecule has 152 valence electrons. The summed E-state index contributed by atoms with van der Waals surface area (Å²) >= 11 is 1.36. The lowest BCUT2D eigenvalue weighted by Gasteiger charge is -2.14. The van der Waals surface area contributed by atoms with Crippen molar-refractivity contribution in [1.82, 2.24) is 20.1 Å². The van der Waals surface area contributed by atoms with Crippen molar-refractivity contribution in [2.45, 2.75) is 31.5 Å². The standard InChI is InChI=1S/C22H26N4O2S/c1-5-16-10-12-17(13-11-16)15(2)23-20(27)14-29-22-25-24-21(26(22)3)18-8-6-7-9-19(18)28-4/h6-13,15H,5,14H2,1-4H3,(H,23,27)/t15-/m0/s1. The van der Waals surface area contributed by atoms with E-state index in [-0.39, 0.29) is 17.7 Å². The van der Waals surface area contributed by atoms with Crippen LogP contribution in [0.3, 0.4) is 0 Å². The maximum Gasteiger partial charge on any atom is 0.230 e. The van der Waals surface area contributed by atoms with Gasteiger partial charge in [-0.1, -0.05) is 55.1 Å². The summed E-state index contributed by atoms with van der Waals surface area (Å²) in [5.41, 5.74) is 3.25. The zero-order chi connectivity index (χ0) is 20.8. The van der Waals surface area contributed by atoms with E-state index in [0.29, 0.717) is 11.0 Å². The summed E-state index contributed by atoms with van der Waals surface area (Å²) in [5.74, 6) is 1.67. The SMILES string of the molecule is CCc1ccc([C@H](C)NC(=O)CSc2nnc(-c3ccccc3OC)n2C)cc1. The van der Waals surface area contributed by atoms with Crippen molar-refractivity contribution >= 4 is 17.7 Å². The molecule has 1 atom stereocenters. The molecular weight excluding hydrogens is 384 g/mol. The first-order chi connectivity index (χ1) is 14.0. The fourth-order valence-corrected chi connectivity index (χ4v) is 3.77. The molecule has 0 bridgehead atoms. The van der Waals surface area contributed by atoms with Crippen molar-refractivity contribution < 1.29 is 9.53 Å². The molecule has 0 saturated carbocycles. The molecule has 0 spiro atoms. The number of carbonyl (C=O) groups excluding carboxylic acids is 1. The molecule has 6 nitrogen and oxygen atoms in total. The summed E-state index contributed by atoms with van der Waals surface area (Å²) in [7, 11) is 3.52. The van der Waals surface area contributed by atoms with Crippen LogP contribution >= 0.6 is 11.8 Å². The number of para-hydroxylation sites is 1. The summed E-state index contributed by atoms with van der Waals surface area (Å²) in [5, 5.41) is 12.2. The van der Waals surface area contributed by atoms with Crippen molar-refractivity contribution in [1.29, 1.82) is 0 Å². The monoisotopic (exact) mass is 410 g/mol. The average Bonchev–Trinajstić information content (AvgIpc) is 3.12. The number of rotatable bonds is 8. The van der Waals surface area contributed by atoms with E-state index in [9.17, 15) is 4.79 Å². The van der Waals surface area contributed by atoms with Gasteiger partial charge >= 0.3 is 0 Å². The molecular formula is C22H26N4O2S. The molecule has 1 aromatic heterocycles. The summed E-state index contributed by atoms with van der Waals surface area (Å²) in [6, 6.07) is 16.0. The summed E-state index contributed by atoms with van der Waals surface area (Å²) in [6.45, 7) is 4.12. The minimum Gasteiger partial charge on any atom is -0.496 e. The number of nitrogens with zero attached hydrogens (tertiary/aromatic N) is 3. The average molecular weight is 411 g/mol. The Kier molecular flexibility index (Phi) is 6.93. The van der Waals surface area contributed by atoms with Gasteiger partial charge in [0.25, 0.3) is 0 Å². The van der Waals surface area contributed by atoms with Gasteiger partial charge in [0.05, 0.1) is 24.5 Å². The summed E-state index contributed by atoms with van der Waals surface area (Å²) in [6.07, 6.45) is 1.01. The predicted octanol–water partition coefficient (Wildman–Crippen LogP) is 4.02. The lowest BCUT2D eigenvalue weighted by Crippen LogP contribution is -2.28. The molecule has 7 heteroatoms. The third-order valence-corrected chi connectivity index (χ3v) is 5.80. The maximum absolute atomic E-state index is 12.4. The van der Waals surface area contributed by atoms with E-state index >= 15 is 0 Å². The van der Waals surface area contributed by atoms with Crippen LogP contribution in [0.4, 0.5) is 0 Å². The number of hydrogen-bond donors (Lipinski definition) is 1. The predicted molar refractivity (Wildman–Crippen MR) is 116 cm³/mol. The van der Waals surface area contributed by atoms with Gasteiger partial charge in [-0.15, -0.1) is 10.2 Å². The minimum atomic E-state index is -0.0438. The van der Waals surface area contributed by atoms with E-state index in [1.165, 1.54) is 17.3 Å². The van der Waals surface area contributed by atoms with E-state index < -0.39 is 0 Å². The Morgan fingerprint density at radius 2 is 1.90 bits per heavy atom. The zero-order valence-corrected chi connectivity index (χ0v) is 18.0. The quantitative estimate of drug-likeness (QED) is 0.568. The number of carbonyl (C=O) groups is 1. The number of aromatic nitrogens is 3. The third kappa shape index (κ3) is 4.98. The van der Waals surface area contributed by atoms with E-state index in [1.807, 2.05) is 42.8 Å². The minimum absolute atomic E-state index is 0.0380. The van der Waals surface area contributed by atoms with Crippen LogP contribution in [0.2, 0.25) is 0 Å². The molecule has 0 radical (unpaired) electrons. The topological polar surface area (TPSA) is 69.0 Å². The molecule has 1 heterocycles. The van der Waals surface area contributed by atoms with Crippen LogP contribution in [0.15, 0.2) is 53.7 Å². The van der Waals surface area contributed by atoms with Gasteiger partial charge in [-0.25, -0.2) is 0 Å². The molecule has 0 aliphatic heterocycles. The van der Waals surface area contributed by atoms with Crippen LogP contribution in [-0.2, 0) is 18.3 Å². The van der Waals surface area contributed by atoms with Gasteiger partial charge in [-0.05, 0) is 36.6 Å². The first kappa shape index (κ1) is 20.9. The second-order valence-corrected chi connectivity index (χ2v) is 7.68. The molecule has 1 N–H and O–H groups in total. The van der Waals surface area contributed by atoms with Crippen LogP contribution in [-0.4, -0.2) is 33.5 Å². The lowest BCUT2D eigenvalue weighted by atomic mass is 10.1. The van der Waals surface area contributed by atoms with Crippen molar-refractivity contribution in [3.63, 3.8) is 0 Å². The number of methoxy groups -OCH3 is 1. The van der Waals surface area contributed by atoms with Gasteiger partial charge in [0.2, 0.25) is 5.91 Å².